The first kappa shape index (κ1) is 22.9. The van der Waals surface area contributed by atoms with Crippen LogP contribution < -0.4 is 25.4 Å². The van der Waals surface area contributed by atoms with Crippen LogP contribution in [-0.2, 0) is 4.79 Å². The molecule has 32 heavy (non-hydrogen) atoms. The molecular formula is C24H29N5O3. The van der Waals surface area contributed by atoms with E-state index in [2.05, 4.69) is 25.9 Å². The molecule has 2 aromatic carbocycles. The van der Waals surface area contributed by atoms with Gasteiger partial charge >= 0.3 is 0 Å². The van der Waals surface area contributed by atoms with Crippen molar-refractivity contribution < 1.29 is 14.3 Å². The average Bonchev–Trinajstić information content (AvgIpc) is 2.76. The SMILES string of the molecule is COc1ccc(Nc2nc(C)c(NC(=O)C(C)(C)C)c(Nc3ccc(OC)cc3)n2)cc1. The van der Waals surface area contributed by atoms with Crippen molar-refractivity contribution in [2.45, 2.75) is 27.7 Å². The monoisotopic (exact) mass is 435 g/mol. The fraction of sp³-hybridized carbons (Fsp3) is 0.292. The highest BCUT2D eigenvalue weighted by molar-refractivity contribution is 5.98. The van der Waals surface area contributed by atoms with Crippen LogP contribution in [0.25, 0.3) is 0 Å². The van der Waals surface area contributed by atoms with Gasteiger partial charge in [0, 0.05) is 16.8 Å². The maximum Gasteiger partial charge on any atom is 0.229 e. The highest BCUT2D eigenvalue weighted by atomic mass is 16.5. The van der Waals surface area contributed by atoms with E-state index in [4.69, 9.17) is 9.47 Å². The molecule has 1 amide bonds. The van der Waals surface area contributed by atoms with Gasteiger partial charge < -0.3 is 25.4 Å². The van der Waals surface area contributed by atoms with E-state index in [-0.39, 0.29) is 5.91 Å². The first-order chi connectivity index (χ1) is 15.2. The van der Waals surface area contributed by atoms with Gasteiger partial charge in [-0.25, -0.2) is 4.98 Å². The zero-order valence-electron chi connectivity index (χ0n) is 19.2. The molecule has 168 valence electrons. The number of methoxy groups -OCH3 is 2. The standard InChI is InChI=1S/C24H29N5O3/c1-15-20(28-22(30)24(2,3)4)21(26-16-7-11-18(31-5)12-8-16)29-23(25-15)27-17-9-13-19(32-6)14-10-17/h7-14H,1-6H3,(H,28,30)(H2,25,26,27,29). The molecule has 3 N–H and O–H groups in total. The number of hydrogen-bond acceptors (Lipinski definition) is 7. The number of nitrogens with zero attached hydrogens (tertiary/aromatic N) is 2. The van der Waals surface area contributed by atoms with Crippen LogP contribution in [0.15, 0.2) is 48.5 Å². The molecule has 8 nitrogen and oxygen atoms in total. The summed E-state index contributed by atoms with van der Waals surface area (Å²) in [5.41, 5.74) is 2.20. The summed E-state index contributed by atoms with van der Waals surface area (Å²) in [5.74, 6) is 2.26. The summed E-state index contributed by atoms with van der Waals surface area (Å²) in [6.45, 7) is 7.40. The quantitative estimate of drug-likeness (QED) is 0.465. The minimum absolute atomic E-state index is 0.127. The molecule has 3 aromatic rings. The molecule has 0 fully saturated rings. The zero-order chi connectivity index (χ0) is 23.3. The number of aryl methyl sites for hydroxylation is 1. The molecule has 0 unspecified atom stereocenters. The van der Waals surface area contributed by atoms with E-state index < -0.39 is 5.41 Å². The van der Waals surface area contributed by atoms with Gasteiger partial charge in [-0.3, -0.25) is 4.79 Å². The molecule has 0 saturated carbocycles. The van der Waals surface area contributed by atoms with Crippen LogP contribution in [0.4, 0.5) is 28.8 Å². The van der Waals surface area contributed by atoms with Gasteiger partial charge in [0.15, 0.2) is 5.82 Å². The number of carbonyl (C=O) groups is 1. The normalized spacial score (nSPS) is 10.9. The third-order valence-electron chi connectivity index (χ3n) is 4.71. The van der Waals surface area contributed by atoms with Crippen molar-refractivity contribution in [3.05, 3.63) is 54.2 Å². The minimum atomic E-state index is -0.566. The molecule has 0 atom stereocenters. The lowest BCUT2D eigenvalue weighted by molar-refractivity contribution is -0.123. The lowest BCUT2D eigenvalue weighted by atomic mass is 9.95. The lowest BCUT2D eigenvalue weighted by Crippen LogP contribution is -2.28. The Kier molecular flexibility index (Phi) is 6.82. The third-order valence-corrected chi connectivity index (χ3v) is 4.71. The molecule has 3 rings (SSSR count). The molecule has 0 aliphatic carbocycles. The van der Waals surface area contributed by atoms with Gasteiger partial charge in [-0.05, 0) is 55.5 Å². The number of ether oxygens (including phenoxy) is 2. The Morgan fingerprint density at radius 3 is 1.78 bits per heavy atom. The number of benzene rings is 2. The van der Waals surface area contributed by atoms with E-state index in [1.54, 1.807) is 14.2 Å². The van der Waals surface area contributed by atoms with E-state index in [1.807, 2.05) is 76.2 Å². The highest BCUT2D eigenvalue weighted by Gasteiger charge is 2.24. The smallest absolute Gasteiger partial charge is 0.229 e. The molecule has 0 bridgehead atoms. The van der Waals surface area contributed by atoms with Crippen LogP contribution >= 0.6 is 0 Å². The largest absolute Gasteiger partial charge is 0.497 e. The van der Waals surface area contributed by atoms with Crippen LogP contribution in [0.5, 0.6) is 11.5 Å². The maximum absolute atomic E-state index is 12.7. The fourth-order valence-corrected chi connectivity index (χ4v) is 2.78. The lowest BCUT2D eigenvalue weighted by Gasteiger charge is -2.21. The predicted octanol–water partition coefficient (Wildman–Crippen LogP) is 5.27. The van der Waals surface area contributed by atoms with Crippen LogP contribution in [0, 0.1) is 12.3 Å². The number of rotatable bonds is 7. The number of amides is 1. The van der Waals surface area contributed by atoms with Gasteiger partial charge in [-0.2, -0.15) is 4.98 Å². The number of nitrogens with one attached hydrogen (secondary N) is 3. The summed E-state index contributed by atoms with van der Waals surface area (Å²) < 4.78 is 10.4. The number of aromatic nitrogens is 2. The maximum atomic E-state index is 12.7. The topological polar surface area (TPSA) is 97.4 Å². The first-order valence-electron chi connectivity index (χ1n) is 10.2. The first-order valence-corrected chi connectivity index (χ1v) is 10.2. The van der Waals surface area contributed by atoms with Crippen molar-refractivity contribution in [1.29, 1.82) is 0 Å². The molecule has 0 aliphatic heterocycles. The summed E-state index contributed by atoms with van der Waals surface area (Å²) in [5, 5.41) is 9.46. The van der Waals surface area contributed by atoms with Crippen molar-refractivity contribution in [2.24, 2.45) is 5.41 Å². The summed E-state index contributed by atoms with van der Waals surface area (Å²) in [7, 11) is 3.24. The molecule has 0 saturated heterocycles. The van der Waals surface area contributed by atoms with Crippen molar-refractivity contribution in [1.82, 2.24) is 9.97 Å². The molecule has 1 aromatic heterocycles. The summed E-state index contributed by atoms with van der Waals surface area (Å²) in [6.07, 6.45) is 0. The number of anilines is 5. The Morgan fingerprint density at radius 1 is 0.812 bits per heavy atom. The molecule has 0 aliphatic rings. The van der Waals surface area contributed by atoms with Crippen LogP contribution in [-0.4, -0.2) is 30.1 Å². The molecule has 0 radical (unpaired) electrons. The van der Waals surface area contributed by atoms with Gasteiger partial charge in [0.05, 0.1) is 19.9 Å². The summed E-state index contributed by atoms with van der Waals surface area (Å²) in [4.78, 5) is 21.9. The van der Waals surface area contributed by atoms with Crippen LogP contribution in [0.2, 0.25) is 0 Å². The van der Waals surface area contributed by atoms with Crippen molar-refractivity contribution >= 4 is 34.7 Å². The predicted molar refractivity (Wildman–Crippen MR) is 127 cm³/mol. The molecule has 0 spiro atoms. The van der Waals surface area contributed by atoms with Crippen molar-refractivity contribution in [2.75, 3.05) is 30.2 Å². The second-order valence-corrected chi connectivity index (χ2v) is 8.27. The fourth-order valence-electron chi connectivity index (χ4n) is 2.78. The van der Waals surface area contributed by atoms with Crippen LogP contribution in [0.3, 0.4) is 0 Å². The van der Waals surface area contributed by atoms with Gasteiger partial charge in [0.1, 0.15) is 17.2 Å². The Balaban J connectivity index is 1.96. The number of hydrogen-bond donors (Lipinski definition) is 3. The van der Waals surface area contributed by atoms with Crippen molar-refractivity contribution in [3.63, 3.8) is 0 Å². The van der Waals surface area contributed by atoms with Gasteiger partial charge in [0.25, 0.3) is 0 Å². The average molecular weight is 436 g/mol. The van der Waals surface area contributed by atoms with Gasteiger partial charge in [-0.1, -0.05) is 20.8 Å². The van der Waals surface area contributed by atoms with E-state index >= 15 is 0 Å². The molecular weight excluding hydrogens is 406 g/mol. The molecule has 8 heteroatoms. The van der Waals surface area contributed by atoms with Crippen LogP contribution in [0.1, 0.15) is 26.5 Å². The summed E-state index contributed by atoms with van der Waals surface area (Å²) >= 11 is 0. The highest BCUT2D eigenvalue weighted by Crippen LogP contribution is 2.31. The van der Waals surface area contributed by atoms with Crippen molar-refractivity contribution in [3.8, 4) is 11.5 Å². The van der Waals surface area contributed by atoms with E-state index in [0.717, 1.165) is 22.9 Å². The van der Waals surface area contributed by atoms with E-state index in [9.17, 15) is 4.79 Å². The zero-order valence-corrected chi connectivity index (χ0v) is 19.2. The number of carbonyl (C=O) groups excluding carboxylic acids is 1. The Hall–Kier alpha value is -3.81. The van der Waals surface area contributed by atoms with E-state index in [1.165, 1.54) is 0 Å². The third kappa shape index (κ3) is 5.66. The Labute approximate surface area is 188 Å². The second kappa shape index (κ2) is 9.55. The van der Waals surface area contributed by atoms with Gasteiger partial charge in [0.2, 0.25) is 11.9 Å². The second-order valence-electron chi connectivity index (χ2n) is 8.27. The minimum Gasteiger partial charge on any atom is -0.497 e. The van der Waals surface area contributed by atoms with Gasteiger partial charge in [-0.15, -0.1) is 0 Å². The summed E-state index contributed by atoms with van der Waals surface area (Å²) in [6, 6.07) is 14.9. The Bertz CT molecular complexity index is 1070. The Morgan fingerprint density at radius 2 is 1.31 bits per heavy atom. The molecule has 1 heterocycles. The van der Waals surface area contributed by atoms with E-state index in [0.29, 0.717) is 23.1 Å².